The van der Waals surface area contributed by atoms with Gasteiger partial charge in [0.2, 0.25) is 5.91 Å². The van der Waals surface area contributed by atoms with Gasteiger partial charge < -0.3 is 4.90 Å². The van der Waals surface area contributed by atoms with Crippen LogP contribution in [-0.2, 0) is 9.59 Å². The van der Waals surface area contributed by atoms with Crippen molar-refractivity contribution in [3.05, 3.63) is 0 Å². The molecule has 0 spiro atoms. The highest BCUT2D eigenvalue weighted by Crippen LogP contribution is 2.06. The summed E-state index contributed by atoms with van der Waals surface area (Å²) in [6.45, 7) is 0.452. The van der Waals surface area contributed by atoms with Crippen LogP contribution in [-0.4, -0.2) is 29.7 Å². The molecule has 1 rings (SSSR count). The van der Waals surface area contributed by atoms with E-state index in [1.807, 2.05) is 0 Å². The summed E-state index contributed by atoms with van der Waals surface area (Å²) in [5.41, 5.74) is 0. The van der Waals surface area contributed by atoms with E-state index in [9.17, 15) is 9.59 Å². The lowest BCUT2D eigenvalue weighted by Gasteiger charge is -2.23. The largest absolute Gasteiger partial charge is 0.324 e. The normalized spacial score (nSPS) is 18.3. The Kier molecular flexibility index (Phi) is 2.27. The van der Waals surface area contributed by atoms with Gasteiger partial charge in [0, 0.05) is 12.8 Å². The second-order valence-electron chi connectivity index (χ2n) is 2.49. The van der Waals surface area contributed by atoms with Crippen molar-refractivity contribution in [1.29, 1.82) is 0 Å². The number of Topliss-reactive ketones (excluding diaryl/α,β-unsaturated/α-hetero) is 1. The van der Waals surface area contributed by atoms with Crippen LogP contribution in [0.25, 0.3) is 0 Å². The predicted octanol–water partition coefficient (Wildman–Crippen LogP) is -0.189. The van der Waals surface area contributed by atoms with E-state index >= 15 is 0 Å². The van der Waals surface area contributed by atoms with E-state index in [1.54, 1.807) is 0 Å². The molecule has 0 aromatic heterocycles. The van der Waals surface area contributed by atoms with E-state index in [1.165, 1.54) is 4.90 Å². The minimum atomic E-state index is -0.0115. The molecule has 11 heavy (non-hydrogen) atoms. The van der Waals surface area contributed by atoms with Crippen molar-refractivity contribution in [2.45, 2.75) is 12.8 Å². The summed E-state index contributed by atoms with van der Waals surface area (Å²) in [6, 6.07) is 0. The molecule has 1 aliphatic rings. The van der Waals surface area contributed by atoms with Crippen LogP contribution in [0.5, 0.6) is 0 Å². The molecule has 1 heterocycles. The van der Waals surface area contributed by atoms with Gasteiger partial charge in [0.1, 0.15) is 0 Å². The summed E-state index contributed by atoms with van der Waals surface area (Å²) in [5.74, 6) is 2.43. The number of carbonyl (C=O) groups is 2. The monoisotopic (exact) mass is 151 g/mol. The Balaban J connectivity index is 2.55. The molecule has 0 bridgehead atoms. The maximum Gasteiger partial charge on any atom is 0.224 e. The molecular formula is C8H9NO2. The molecule has 0 unspecified atom stereocenters. The number of terminal acetylenes is 1. The number of piperidine rings is 1. The number of hydrogen-bond acceptors (Lipinski definition) is 2. The summed E-state index contributed by atoms with van der Waals surface area (Å²) < 4.78 is 0. The van der Waals surface area contributed by atoms with Gasteiger partial charge in [0.05, 0.1) is 13.1 Å². The molecule has 1 saturated heterocycles. The predicted molar refractivity (Wildman–Crippen MR) is 39.7 cm³/mol. The quantitative estimate of drug-likeness (QED) is 0.487. The molecule has 3 heteroatoms. The van der Waals surface area contributed by atoms with Crippen LogP contribution in [0.1, 0.15) is 12.8 Å². The third-order valence-corrected chi connectivity index (χ3v) is 1.62. The van der Waals surface area contributed by atoms with Crippen LogP contribution in [0, 0.1) is 12.3 Å². The third-order valence-electron chi connectivity index (χ3n) is 1.62. The maximum absolute atomic E-state index is 11.0. The first-order valence-corrected chi connectivity index (χ1v) is 3.47. The molecule has 0 aliphatic carbocycles. The molecule has 1 amide bonds. The fraction of sp³-hybridized carbons (Fsp3) is 0.500. The van der Waals surface area contributed by atoms with Gasteiger partial charge in [0.25, 0.3) is 0 Å². The Bertz CT molecular complexity index is 227. The van der Waals surface area contributed by atoms with Crippen molar-refractivity contribution in [1.82, 2.24) is 4.90 Å². The van der Waals surface area contributed by atoms with Crippen LogP contribution >= 0.6 is 0 Å². The van der Waals surface area contributed by atoms with E-state index in [0.717, 1.165) is 0 Å². The first-order valence-electron chi connectivity index (χ1n) is 3.47. The number of amides is 1. The Hall–Kier alpha value is -1.30. The highest BCUT2D eigenvalue weighted by Gasteiger charge is 2.22. The molecule has 1 aliphatic heterocycles. The SMILES string of the molecule is C#CCN1CC(=O)CCC1=O. The molecule has 0 N–H and O–H groups in total. The molecule has 0 saturated carbocycles. The minimum absolute atomic E-state index is 0.0115. The zero-order valence-corrected chi connectivity index (χ0v) is 6.17. The number of nitrogens with zero attached hydrogens (tertiary/aromatic N) is 1. The van der Waals surface area contributed by atoms with Gasteiger partial charge >= 0.3 is 0 Å². The summed E-state index contributed by atoms with van der Waals surface area (Å²) >= 11 is 0. The third kappa shape index (κ3) is 1.81. The van der Waals surface area contributed by atoms with Crippen LogP contribution in [0.4, 0.5) is 0 Å². The Morgan fingerprint density at radius 1 is 1.45 bits per heavy atom. The minimum Gasteiger partial charge on any atom is -0.324 e. The van der Waals surface area contributed by atoms with Gasteiger partial charge in [-0.3, -0.25) is 9.59 Å². The zero-order chi connectivity index (χ0) is 8.27. The van der Waals surface area contributed by atoms with Crippen molar-refractivity contribution >= 4 is 11.7 Å². The van der Waals surface area contributed by atoms with Gasteiger partial charge in [-0.05, 0) is 0 Å². The number of ketones is 1. The van der Waals surface area contributed by atoms with Crippen LogP contribution in [0.3, 0.4) is 0 Å². The average Bonchev–Trinajstić information content (AvgIpc) is 1.98. The van der Waals surface area contributed by atoms with Gasteiger partial charge in [-0.15, -0.1) is 6.42 Å². The second-order valence-corrected chi connectivity index (χ2v) is 2.49. The summed E-state index contributed by atoms with van der Waals surface area (Å²) in [6.07, 6.45) is 5.71. The first-order chi connectivity index (χ1) is 5.24. The maximum atomic E-state index is 11.0. The summed E-state index contributed by atoms with van der Waals surface area (Å²) in [4.78, 5) is 23.2. The van der Waals surface area contributed by atoms with Crippen molar-refractivity contribution in [3.63, 3.8) is 0 Å². The van der Waals surface area contributed by atoms with Gasteiger partial charge in [-0.1, -0.05) is 5.92 Å². The fourth-order valence-electron chi connectivity index (χ4n) is 1.04. The molecule has 0 aromatic rings. The first kappa shape index (κ1) is 7.80. The van der Waals surface area contributed by atoms with Crippen molar-refractivity contribution < 1.29 is 9.59 Å². The standard InChI is InChI=1S/C8H9NO2/c1-2-5-9-6-7(10)3-4-8(9)11/h1H,3-6H2. The van der Waals surface area contributed by atoms with E-state index in [2.05, 4.69) is 5.92 Å². The van der Waals surface area contributed by atoms with Gasteiger partial charge in [-0.25, -0.2) is 0 Å². The number of likely N-dealkylation sites (tertiary alicyclic amines) is 1. The van der Waals surface area contributed by atoms with E-state index < -0.39 is 0 Å². The number of rotatable bonds is 1. The van der Waals surface area contributed by atoms with E-state index in [4.69, 9.17) is 6.42 Å². The topological polar surface area (TPSA) is 37.4 Å². The van der Waals surface area contributed by atoms with Crippen molar-refractivity contribution in [3.8, 4) is 12.3 Å². The van der Waals surface area contributed by atoms with Crippen molar-refractivity contribution in [2.75, 3.05) is 13.1 Å². The van der Waals surface area contributed by atoms with E-state index in [0.29, 0.717) is 12.8 Å². The number of carbonyl (C=O) groups excluding carboxylic acids is 2. The Labute approximate surface area is 65.4 Å². The summed E-state index contributed by atoms with van der Waals surface area (Å²) in [5, 5.41) is 0. The van der Waals surface area contributed by atoms with Gasteiger partial charge in [0.15, 0.2) is 5.78 Å². The lowest BCUT2D eigenvalue weighted by atomic mass is 10.1. The highest BCUT2D eigenvalue weighted by atomic mass is 16.2. The lowest BCUT2D eigenvalue weighted by molar-refractivity contribution is -0.139. The Morgan fingerprint density at radius 3 is 2.82 bits per heavy atom. The summed E-state index contributed by atoms with van der Waals surface area (Å²) in [7, 11) is 0. The van der Waals surface area contributed by atoms with E-state index in [-0.39, 0.29) is 24.8 Å². The molecular weight excluding hydrogens is 142 g/mol. The smallest absolute Gasteiger partial charge is 0.224 e. The Morgan fingerprint density at radius 2 is 2.18 bits per heavy atom. The molecule has 0 radical (unpaired) electrons. The molecule has 3 nitrogen and oxygen atoms in total. The van der Waals surface area contributed by atoms with Crippen LogP contribution in [0.15, 0.2) is 0 Å². The molecule has 58 valence electrons. The van der Waals surface area contributed by atoms with Crippen molar-refractivity contribution in [2.24, 2.45) is 0 Å². The molecule has 1 fully saturated rings. The average molecular weight is 151 g/mol. The van der Waals surface area contributed by atoms with Crippen LogP contribution in [0.2, 0.25) is 0 Å². The lowest BCUT2D eigenvalue weighted by Crippen LogP contribution is -2.40. The van der Waals surface area contributed by atoms with Gasteiger partial charge in [-0.2, -0.15) is 0 Å². The fourth-order valence-corrected chi connectivity index (χ4v) is 1.04. The molecule has 0 atom stereocenters. The zero-order valence-electron chi connectivity index (χ0n) is 6.17. The van der Waals surface area contributed by atoms with Crippen LogP contribution < -0.4 is 0 Å². The highest BCUT2D eigenvalue weighted by molar-refractivity contribution is 5.92. The second kappa shape index (κ2) is 3.20. The molecule has 0 aromatic carbocycles. The number of hydrogen-bond donors (Lipinski definition) is 0.